The van der Waals surface area contributed by atoms with Crippen molar-refractivity contribution in [2.45, 2.75) is 37.6 Å². The van der Waals surface area contributed by atoms with Gasteiger partial charge in [0.1, 0.15) is 9.58 Å². The molecule has 0 saturated heterocycles. The molecule has 0 atom stereocenters. The van der Waals surface area contributed by atoms with Crippen LogP contribution < -0.4 is 5.56 Å². The van der Waals surface area contributed by atoms with Crippen LogP contribution in [0.4, 0.5) is 0 Å². The molecule has 2 aromatic heterocycles. The van der Waals surface area contributed by atoms with Crippen molar-refractivity contribution in [3.05, 3.63) is 20.8 Å². The number of aryl methyl sites for hydroxylation is 2. The second kappa shape index (κ2) is 4.64. The molecule has 0 aliphatic heterocycles. The molecule has 0 saturated carbocycles. The van der Waals surface area contributed by atoms with Gasteiger partial charge in [-0.15, -0.1) is 11.3 Å². The Bertz CT molecular complexity index is 716. The fraction of sp³-hybridized carbons (Fsp3) is 0.417. The Hall–Kier alpha value is -1.34. The van der Waals surface area contributed by atoms with Crippen LogP contribution in [0.25, 0.3) is 10.2 Å². The van der Waals surface area contributed by atoms with Crippen LogP contribution in [0.5, 0.6) is 0 Å². The van der Waals surface area contributed by atoms with Gasteiger partial charge in [0.25, 0.3) is 5.56 Å². The lowest BCUT2D eigenvalue weighted by Crippen LogP contribution is -2.27. The molecule has 0 aliphatic carbocycles. The van der Waals surface area contributed by atoms with E-state index < -0.39 is 10.7 Å². The zero-order valence-corrected chi connectivity index (χ0v) is 12.7. The quantitative estimate of drug-likeness (QED) is 0.672. The molecule has 7 heteroatoms. The number of aromatic amines is 1. The molecule has 0 amide bonds. The standard InChI is InChI=1S/C12H14N2O3S2/c1-5-6(2)18-9-7(5)8(15)13-11(14-9)19-12(3,4)10(16)17/h1-4H3,(H,16,17)(H,13,14,15). The van der Waals surface area contributed by atoms with Gasteiger partial charge in [-0.3, -0.25) is 9.59 Å². The van der Waals surface area contributed by atoms with E-state index in [4.69, 9.17) is 5.11 Å². The summed E-state index contributed by atoms with van der Waals surface area (Å²) in [5.41, 5.74) is 0.721. The first-order valence-electron chi connectivity index (χ1n) is 5.65. The summed E-state index contributed by atoms with van der Waals surface area (Å²) in [5, 5.41) is 10.0. The summed E-state index contributed by atoms with van der Waals surface area (Å²) in [7, 11) is 0. The lowest BCUT2D eigenvalue weighted by atomic mass is 10.2. The van der Waals surface area contributed by atoms with Gasteiger partial charge in [-0.25, -0.2) is 4.98 Å². The molecule has 0 radical (unpaired) electrons. The van der Waals surface area contributed by atoms with Crippen molar-refractivity contribution in [3.8, 4) is 0 Å². The minimum Gasteiger partial charge on any atom is -0.480 e. The molecule has 0 spiro atoms. The van der Waals surface area contributed by atoms with Crippen LogP contribution in [0.2, 0.25) is 0 Å². The predicted octanol–water partition coefficient (Wildman–Crippen LogP) is 2.56. The largest absolute Gasteiger partial charge is 0.480 e. The Balaban J connectivity index is 2.54. The van der Waals surface area contributed by atoms with Crippen LogP contribution in [-0.4, -0.2) is 25.8 Å². The molecule has 0 aromatic carbocycles. The molecule has 2 rings (SSSR count). The SMILES string of the molecule is Cc1sc2nc(SC(C)(C)C(=O)O)[nH]c(=O)c2c1C. The smallest absolute Gasteiger partial charge is 0.319 e. The summed E-state index contributed by atoms with van der Waals surface area (Å²) in [5.74, 6) is -0.946. The average molecular weight is 298 g/mol. The van der Waals surface area contributed by atoms with E-state index in [-0.39, 0.29) is 5.56 Å². The number of rotatable bonds is 3. The number of carbonyl (C=O) groups is 1. The van der Waals surface area contributed by atoms with E-state index in [0.717, 1.165) is 22.2 Å². The number of nitrogens with one attached hydrogen (secondary N) is 1. The zero-order chi connectivity index (χ0) is 14.4. The van der Waals surface area contributed by atoms with Crippen LogP contribution >= 0.6 is 23.1 Å². The maximum Gasteiger partial charge on any atom is 0.319 e. The molecular formula is C12H14N2O3S2. The number of thioether (sulfide) groups is 1. The molecule has 0 aliphatic rings. The maximum absolute atomic E-state index is 12.0. The number of H-pyrrole nitrogens is 1. The summed E-state index contributed by atoms with van der Waals surface area (Å²) in [4.78, 5) is 31.8. The Labute approximate surface area is 118 Å². The van der Waals surface area contributed by atoms with E-state index in [9.17, 15) is 9.59 Å². The lowest BCUT2D eigenvalue weighted by Gasteiger charge is -2.16. The molecule has 19 heavy (non-hydrogen) atoms. The maximum atomic E-state index is 12.0. The molecular weight excluding hydrogens is 284 g/mol. The van der Waals surface area contributed by atoms with E-state index in [1.807, 2.05) is 13.8 Å². The van der Waals surface area contributed by atoms with Gasteiger partial charge in [0.05, 0.1) is 5.39 Å². The minimum atomic E-state index is -1.04. The summed E-state index contributed by atoms with van der Waals surface area (Å²) < 4.78 is -1.04. The van der Waals surface area contributed by atoms with Gasteiger partial charge in [0.15, 0.2) is 5.16 Å². The highest BCUT2D eigenvalue weighted by Gasteiger charge is 2.30. The normalized spacial score (nSPS) is 12.0. The van der Waals surface area contributed by atoms with E-state index >= 15 is 0 Å². The Morgan fingerprint density at radius 1 is 1.42 bits per heavy atom. The van der Waals surface area contributed by atoms with Gasteiger partial charge >= 0.3 is 5.97 Å². The first-order valence-corrected chi connectivity index (χ1v) is 7.28. The summed E-state index contributed by atoms with van der Waals surface area (Å²) in [6.07, 6.45) is 0. The average Bonchev–Trinajstić information content (AvgIpc) is 2.53. The van der Waals surface area contributed by atoms with Gasteiger partial charge < -0.3 is 10.1 Å². The first kappa shape index (κ1) is 14.1. The zero-order valence-electron chi connectivity index (χ0n) is 11.0. The Morgan fingerprint density at radius 2 is 2.05 bits per heavy atom. The molecule has 0 bridgehead atoms. The van der Waals surface area contributed by atoms with Crippen molar-refractivity contribution in [2.24, 2.45) is 0 Å². The van der Waals surface area contributed by atoms with Crippen molar-refractivity contribution in [1.29, 1.82) is 0 Å². The Morgan fingerprint density at radius 3 is 2.63 bits per heavy atom. The van der Waals surface area contributed by atoms with Crippen molar-refractivity contribution < 1.29 is 9.90 Å². The van der Waals surface area contributed by atoms with E-state index in [1.54, 1.807) is 13.8 Å². The number of carboxylic acids is 1. The van der Waals surface area contributed by atoms with Crippen molar-refractivity contribution in [1.82, 2.24) is 9.97 Å². The van der Waals surface area contributed by atoms with E-state index in [1.165, 1.54) is 11.3 Å². The monoisotopic (exact) mass is 298 g/mol. The van der Waals surface area contributed by atoms with Crippen LogP contribution in [0, 0.1) is 13.8 Å². The molecule has 2 N–H and O–H groups in total. The highest BCUT2D eigenvalue weighted by Crippen LogP contribution is 2.32. The summed E-state index contributed by atoms with van der Waals surface area (Å²) >= 11 is 2.49. The van der Waals surface area contributed by atoms with Gasteiger partial charge in [0.2, 0.25) is 0 Å². The fourth-order valence-electron chi connectivity index (χ4n) is 1.57. The van der Waals surface area contributed by atoms with Crippen molar-refractivity contribution >= 4 is 39.3 Å². The van der Waals surface area contributed by atoms with Gasteiger partial charge in [0, 0.05) is 4.88 Å². The number of hydrogen-bond donors (Lipinski definition) is 2. The summed E-state index contributed by atoms with van der Waals surface area (Å²) in [6.45, 7) is 6.98. The molecule has 2 aromatic rings. The third-order valence-electron chi connectivity index (χ3n) is 2.88. The van der Waals surface area contributed by atoms with Crippen LogP contribution in [0.3, 0.4) is 0 Å². The topological polar surface area (TPSA) is 83.0 Å². The number of fused-ring (bicyclic) bond motifs is 1. The number of thiophene rings is 1. The summed E-state index contributed by atoms with van der Waals surface area (Å²) in [6, 6.07) is 0. The van der Waals surface area contributed by atoms with Crippen LogP contribution in [0.1, 0.15) is 24.3 Å². The van der Waals surface area contributed by atoms with Gasteiger partial charge in [-0.05, 0) is 33.3 Å². The molecule has 0 unspecified atom stereocenters. The molecule has 2 heterocycles. The van der Waals surface area contributed by atoms with Crippen molar-refractivity contribution in [3.63, 3.8) is 0 Å². The number of hydrogen-bond acceptors (Lipinski definition) is 5. The third-order valence-corrected chi connectivity index (χ3v) is 5.06. The fourth-order valence-corrected chi connectivity index (χ4v) is 3.51. The molecule has 5 nitrogen and oxygen atoms in total. The molecule has 102 valence electrons. The number of aromatic nitrogens is 2. The number of nitrogens with zero attached hydrogens (tertiary/aromatic N) is 1. The van der Waals surface area contributed by atoms with Crippen LogP contribution in [0.15, 0.2) is 9.95 Å². The number of carboxylic acid groups (broad SMARTS) is 1. The minimum absolute atomic E-state index is 0.212. The van der Waals surface area contributed by atoms with Crippen molar-refractivity contribution in [2.75, 3.05) is 0 Å². The first-order chi connectivity index (χ1) is 8.72. The van der Waals surface area contributed by atoms with Gasteiger partial charge in [-0.1, -0.05) is 11.8 Å². The second-order valence-electron chi connectivity index (χ2n) is 4.75. The second-order valence-corrected chi connectivity index (χ2v) is 7.57. The lowest BCUT2D eigenvalue weighted by molar-refractivity contribution is -0.138. The van der Waals surface area contributed by atoms with E-state index in [0.29, 0.717) is 15.4 Å². The number of aliphatic carboxylic acids is 1. The highest BCUT2D eigenvalue weighted by atomic mass is 32.2. The predicted molar refractivity (Wildman–Crippen MR) is 77.3 cm³/mol. The van der Waals surface area contributed by atoms with Gasteiger partial charge in [-0.2, -0.15) is 0 Å². The van der Waals surface area contributed by atoms with Crippen LogP contribution in [-0.2, 0) is 4.79 Å². The van der Waals surface area contributed by atoms with E-state index in [2.05, 4.69) is 9.97 Å². The Kier molecular flexibility index (Phi) is 3.44. The third kappa shape index (κ3) is 2.52. The molecule has 0 fully saturated rings. The highest BCUT2D eigenvalue weighted by molar-refractivity contribution is 8.01.